The second-order valence-corrected chi connectivity index (χ2v) is 19.0. The fraction of sp³-hybridized carbons (Fsp3) is 0.963. The van der Waals surface area contributed by atoms with E-state index in [2.05, 4.69) is 39.5 Å². The van der Waals surface area contributed by atoms with Crippen LogP contribution in [-0.4, -0.2) is 80.9 Å². The van der Waals surface area contributed by atoms with Gasteiger partial charge in [-0.3, -0.25) is 14.5 Å². The Morgan fingerprint density at radius 3 is 1.37 bits per heavy atom. The van der Waals surface area contributed by atoms with Gasteiger partial charge in [0.15, 0.2) is 5.79 Å². The average Bonchev–Trinajstić information content (AvgIpc) is 3.69. The van der Waals surface area contributed by atoms with Crippen LogP contribution in [0.1, 0.15) is 266 Å². The van der Waals surface area contributed by atoms with Crippen molar-refractivity contribution in [3.05, 3.63) is 0 Å². The van der Waals surface area contributed by atoms with E-state index in [0.29, 0.717) is 13.1 Å². The third-order valence-electron chi connectivity index (χ3n) is 13.4. The molecule has 8 nitrogen and oxygen atoms in total. The van der Waals surface area contributed by atoms with Crippen LogP contribution in [0.4, 0.5) is 0 Å². The number of carbonyl (C=O) groups excluding carboxylic acids is 1. The quantitative estimate of drug-likeness (QED) is 0.0479. The minimum atomic E-state index is -0.302. The molecule has 0 aromatic heterocycles. The molecular formula is C54H107NO7. The summed E-state index contributed by atoms with van der Waals surface area (Å²) in [6.07, 6.45) is 48.7. The van der Waals surface area contributed by atoms with Crippen LogP contribution in [0.25, 0.3) is 0 Å². The molecule has 0 aliphatic carbocycles. The molecule has 2 rings (SSSR count). The summed E-state index contributed by atoms with van der Waals surface area (Å²) in [4.78, 5) is 21.0. The van der Waals surface area contributed by atoms with Gasteiger partial charge in [0.25, 0.3) is 12.9 Å². The Morgan fingerprint density at radius 1 is 0.565 bits per heavy atom. The Morgan fingerprint density at radius 2 is 0.935 bits per heavy atom. The fourth-order valence-corrected chi connectivity index (χ4v) is 9.42. The second kappa shape index (κ2) is 47.7. The summed E-state index contributed by atoms with van der Waals surface area (Å²) in [5.74, 6) is 1.47. The summed E-state index contributed by atoms with van der Waals surface area (Å²) in [7, 11) is 0. The Bertz CT molecular complexity index is 882. The molecule has 2 unspecified atom stereocenters. The minimum absolute atomic E-state index is 0.250. The SMILES string of the molecule is CCCCCC(CCCCC)CCOC=O.CCCCCCCCCC1(CCCCCCCCCCC(CCCCC)CCCCC)OCC(CCN2CCOCC2)O1.O=CO. The minimum Gasteiger partial charge on any atom is -0.483 e. The first-order chi connectivity index (χ1) is 30.5. The lowest BCUT2D eigenvalue weighted by atomic mass is 9.90. The van der Waals surface area contributed by atoms with Crippen LogP contribution in [-0.2, 0) is 28.5 Å². The van der Waals surface area contributed by atoms with Crippen LogP contribution in [0, 0.1) is 11.8 Å². The Balaban J connectivity index is 0.00000163. The summed E-state index contributed by atoms with van der Waals surface area (Å²) >= 11 is 0. The number of morpholine rings is 1. The highest BCUT2D eigenvalue weighted by Crippen LogP contribution is 2.36. The van der Waals surface area contributed by atoms with Gasteiger partial charge in [0.05, 0.1) is 32.5 Å². The Hall–Kier alpha value is -1.22. The highest BCUT2D eigenvalue weighted by Gasteiger charge is 2.40. The molecule has 8 heteroatoms. The summed E-state index contributed by atoms with van der Waals surface area (Å²) < 4.78 is 23.6. The van der Waals surface area contributed by atoms with Gasteiger partial charge < -0.3 is 24.1 Å². The van der Waals surface area contributed by atoms with Gasteiger partial charge in [0, 0.05) is 32.5 Å². The van der Waals surface area contributed by atoms with E-state index in [1.807, 2.05) is 0 Å². The van der Waals surface area contributed by atoms with Gasteiger partial charge in [0.2, 0.25) is 0 Å². The van der Waals surface area contributed by atoms with E-state index in [1.54, 1.807) is 0 Å². The number of rotatable bonds is 42. The molecular weight excluding hydrogens is 775 g/mol. The van der Waals surface area contributed by atoms with Gasteiger partial charge in [-0.15, -0.1) is 0 Å². The van der Waals surface area contributed by atoms with Crippen LogP contribution < -0.4 is 0 Å². The summed E-state index contributed by atoms with van der Waals surface area (Å²) in [6.45, 7) is 18.2. The largest absolute Gasteiger partial charge is 0.483 e. The average molecular weight is 882 g/mol. The summed E-state index contributed by atoms with van der Waals surface area (Å²) in [5, 5.41) is 6.89. The third kappa shape index (κ3) is 38.1. The molecule has 0 bridgehead atoms. The van der Waals surface area contributed by atoms with Gasteiger partial charge in [-0.2, -0.15) is 0 Å². The zero-order valence-corrected chi connectivity index (χ0v) is 42.1. The van der Waals surface area contributed by atoms with Gasteiger partial charge in [-0.25, -0.2) is 0 Å². The number of hydrogen-bond acceptors (Lipinski definition) is 7. The maximum Gasteiger partial charge on any atom is 0.293 e. The molecule has 2 aliphatic rings. The van der Waals surface area contributed by atoms with Crippen LogP contribution in [0.15, 0.2) is 0 Å². The highest BCUT2D eigenvalue weighted by atomic mass is 16.7. The molecule has 1 N–H and O–H groups in total. The van der Waals surface area contributed by atoms with E-state index in [0.717, 1.165) is 77.0 Å². The van der Waals surface area contributed by atoms with Crippen molar-refractivity contribution < 1.29 is 33.6 Å². The lowest BCUT2D eigenvalue weighted by molar-refractivity contribution is -0.180. The van der Waals surface area contributed by atoms with E-state index >= 15 is 0 Å². The lowest BCUT2D eigenvalue weighted by Gasteiger charge is -2.30. The Labute approximate surface area is 385 Å². The van der Waals surface area contributed by atoms with Gasteiger partial charge in [0.1, 0.15) is 0 Å². The van der Waals surface area contributed by atoms with E-state index in [1.165, 1.54) is 205 Å². The molecule has 62 heavy (non-hydrogen) atoms. The maximum absolute atomic E-state index is 10.1. The molecule has 2 atom stereocenters. The molecule has 2 aliphatic heterocycles. The predicted molar refractivity (Wildman–Crippen MR) is 263 cm³/mol. The molecule has 0 amide bonds. The third-order valence-corrected chi connectivity index (χ3v) is 13.4. The maximum atomic E-state index is 10.1. The van der Waals surface area contributed by atoms with Crippen molar-refractivity contribution in [2.24, 2.45) is 11.8 Å². The number of hydrogen-bond donors (Lipinski definition) is 1. The smallest absolute Gasteiger partial charge is 0.293 e. The molecule has 2 heterocycles. The van der Waals surface area contributed by atoms with Crippen molar-refractivity contribution >= 4 is 12.9 Å². The second-order valence-electron chi connectivity index (χ2n) is 19.0. The first-order valence-electron chi connectivity index (χ1n) is 27.2. The number of nitrogens with zero attached hydrogens (tertiary/aromatic N) is 1. The number of carbonyl (C=O) groups is 2. The Kier molecular flexibility index (Phi) is 46.8. The summed E-state index contributed by atoms with van der Waals surface area (Å²) in [5.41, 5.74) is 0. The number of carboxylic acid groups (broad SMARTS) is 1. The van der Waals surface area contributed by atoms with Gasteiger partial charge in [-0.1, -0.05) is 227 Å². The van der Waals surface area contributed by atoms with E-state index in [9.17, 15) is 4.79 Å². The molecule has 0 spiro atoms. The van der Waals surface area contributed by atoms with E-state index < -0.39 is 0 Å². The molecule has 2 fully saturated rings. The number of ether oxygens (including phenoxy) is 4. The van der Waals surface area contributed by atoms with E-state index in [-0.39, 0.29) is 18.4 Å². The van der Waals surface area contributed by atoms with Crippen molar-refractivity contribution in [3.8, 4) is 0 Å². The van der Waals surface area contributed by atoms with E-state index in [4.69, 9.17) is 28.8 Å². The summed E-state index contributed by atoms with van der Waals surface area (Å²) in [6, 6.07) is 0. The van der Waals surface area contributed by atoms with Crippen molar-refractivity contribution in [3.63, 3.8) is 0 Å². The fourth-order valence-electron chi connectivity index (χ4n) is 9.42. The normalized spacial score (nSPS) is 17.8. The van der Waals surface area contributed by atoms with Gasteiger partial charge >= 0.3 is 0 Å². The van der Waals surface area contributed by atoms with Crippen molar-refractivity contribution in [2.75, 3.05) is 46.1 Å². The molecule has 0 aromatic rings. The molecule has 0 aromatic carbocycles. The molecule has 2 saturated heterocycles. The van der Waals surface area contributed by atoms with Crippen LogP contribution in [0.3, 0.4) is 0 Å². The van der Waals surface area contributed by atoms with Crippen molar-refractivity contribution in [2.45, 2.75) is 278 Å². The van der Waals surface area contributed by atoms with Crippen LogP contribution >= 0.6 is 0 Å². The first kappa shape index (κ1) is 60.8. The number of unbranched alkanes of at least 4 members (excludes halogenated alkanes) is 21. The van der Waals surface area contributed by atoms with Crippen LogP contribution in [0.2, 0.25) is 0 Å². The lowest BCUT2D eigenvalue weighted by Crippen LogP contribution is -2.38. The van der Waals surface area contributed by atoms with Crippen LogP contribution in [0.5, 0.6) is 0 Å². The van der Waals surface area contributed by atoms with Crippen molar-refractivity contribution in [1.82, 2.24) is 4.90 Å². The monoisotopic (exact) mass is 882 g/mol. The topological polar surface area (TPSA) is 94.5 Å². The first-order valence-corrected chi connectivity index (χ1v) is 27.2. The highest BCUT2D eigenvalue weighted by molar-refractivity contribution is 5.36. The zero-order chi connectivity index (χ0) is 45.5. The zero-order valence-electron chi connectivity index (χ0n) is 42.1. The molecule has 370 valence electrons. The predicted octanol–water partition coefficient (Wildman–Crippen LogP) is 15.7. The standard InChI is InChI=1S/C39H77NO3.C14H28O2.CH2O2/c1-4-7-10-11-15-18-23-29-39(42-36-38(43-39)28-31-40-32-34-41-35-33-40)30-24-19-16-13-12-14-17-22-27-37(25-20-8-5-2)26-21-9-6-3;1-3-5-7-9-14(10-8-6-4-2)11-12-16-13-15;2-1-3/h37-38H,4-36H2,1-3H3;13-14H,3-12H2,1-2H3;1H,(H,2,3). The molecule has 0 radical (unpaired) electrons. The van der Waals surface area contributed by atoms with Gasteiger partial charge in [-0.05, 0) is 37.5 Å². The van der Waals surface area contributed by atoms with Crippen molar-refractivity contribution in [1.29, 1.82) is 0 Å². The molecule has 0 saturated carbocycles.